The van der Waals surface area contributed by atoms with E-state index in [1.165, 1.54) is 25.5 Å². The van der Waals surface area contributed by atoms with Crippen LogP contribution >= 0.6 is 0 Å². The van der Waals surface area contributed by atoms with Crippen molar-refractivity contribution in [3.05, 3.63) is 34.8 Å². The molecule has 0 aromatic carbocycles. The molecule has 0 spiro atoms. The zero-order chi connectivity index (χ0) is 19.3. The van der Waals surface area contributed by atoms with Gasteiger partial charge >= 0.3 is 0 Å². The second kappa shape index (κ2) is 6.40. The Balaban J connectivity index is 2.10. The molecule has 4 heteroatoms. The minimum absolute atomic E-state index is 0.00575. The van der Waals surface area contributed by atoms with Crippen LogP contribution in [0.3, 0.4) is 0 Å². The molecule has 0 unspecified atom stereocenters. The molecule has 1 N–H and O–H groups in total. The smallest absolute Gasteiger partial charge is 0.231 e. The number of ketones is 2. The Morgan fingerprint density at radius 1 is 1.19 bits per heavy atom. The maximum absolute atomic E-state index is 12.7. The van der Waals surface area contributed by atoms with Crippen LogP contribution in [0.2, 0.25) is 0 Å². The SMILES string of the molecule is COC1=CC(=O)C(O)=C(/C=C2\[C@@H](C)CC[C@H]3C(C)(C)CCC[C@]23C)C1=O. The highest BCUT2D eigenvalue weighted by Gasteiger charge is 2.51. The summed E-state index contributed by atoms with van der Waals surface area (Å²) in [4.78, 5) is 24.7. The highest BCUT2D eigenvalue weighted by atomic mass is 16.5. The highest BCUT2D eigenvalue weighted by Crippen LogP contribution is 2.61. The third-order valence-electron chi connectivity index (χ3n) is 7.05. The predicted molar refractivity (Wildman–Crippen MR) is 100 cm³/mol. The number of hydrogen-bond acceptors (Lipinski definition) is 4. The van der Waals surface area contributed by atoms with E-state index in [0.717, 1.165) is 25.3 Å². The molecule has 0 heterocycles. The molecule has 0 bridgehead atoms. The molecular formula is C22H30O4. The number of ether oxygens (including phenoxy) is 1. The fourth-order valence-electron chi connectivity index (χ4n) is 5.69. The Kier molecular flexibility index (Phi) is 4.66. The van der Waals surface area contributed by atoms with Crippen LogP contribution in [0.25, 0.3) is 0 Å². The Morgan fingerprint density at radius 3 is 2.54 bits per heavy atom. The minimum Gasteiger partial charge on any atom is -0.504 e. The van der Waals surface area contributed by atoms with E-state index in [1.54, 1.807) is 6.08 Å². The van der Waals surface area contributed by atoms with Crippen molar-refractivity contribution in [3.63, 3.8) is 0 Å². The zero-order valence-electron chi connectivity index (χ0n) is 16.5. The molecule has 3 aliphatic rings. The summed E-state index contributed by atoms with van der Waals surface area (Å²) in [6.07, 6.45) is 8.59. The number of carbonyl (C=O) groups is 2. The van der Waals surface area contributed by atoms with Crippen molar-refractivity contribution in [2.45, 2.75) is 59.8 Å². The van der Waals surface area contributed by atoms with E-state index in [-0.39, 0.29) is 22.2 Å². The molecule has 3 rings (SSSR count). The lowest BCUT2D eigenvalue weighted by molar-refractivity contribution is -0.119. The van der Waals surface area contributed by atoms with Crippen molar-refractivity contribution in [1.29, 1.82) is 0 Å². The lowest BCUT2D eigenvalue weighted by Gasteiger charge is -2.56. The number of Topliss-reactive ketones (excluding diaryl/α,β-unsaturated/α-hetero) is 1. The fraction of sp³-hybridized carbons (Fsp3) is 0.636. The Bertz CT molecular complexity index is 737. The summed E-state index contributed by atoms with van der Waals surface area (Å²) >= 11 is 0. The van der Waals surface area contributed by atoms with Crippen molar-refractivity contribution in [3.8, 4) is 0 Å². The van der Waals surface area contributed by atoms with E-state index in [4.69, 9.17) is 4.74 Å². The lowest BCUT2D eigenvalue weighted by atomic mass is 9.48. The molecule has 0 aromatic heterocycles. The van der Waals surface area contributed by atoms with Crippen molar-refractivity contribution >= 4 is 11.6 Å². The Hall–Kier alpha value is -1.84. The standard InChI is InChI=1S/C22H30O4/c1-13-7-8-18-21(2,3)9-6-10-22(18,4)15(13)11-14-19(24)16(23)12-17(26-5)20(14)25/h11-13,18,24H,6-10H2,1-5H3/b15-11+/t13-,18-,22+/m0/s1. The fourth-order valence-corrected chi connectivity index (χ4v) is 5.69. The summed E-state index contributed by atoms with van der Waals surface area (Å²) < 4.78 is 5.05. The number of allylic oxidation sites excluding steroid dienone is 4. The molecule has 3 aliphatic carbocycles. The molecule has 0 aromatic rings. The van der Waals surface area contributed by atoms with E-state index in [2.05, 4.69) is 27.7 Å². The monoisotopic (exact) mass is 358 g/mol. The summed E-state index contributed by atoms with van der Waals surface area (Å²) in [7, 11) is 1.37. The van der Waals surface area contributed by atoms with E-state index in [1.807, 2.05) is 0 Å². The molecule has 0 radical (unpaired) electrons. The Labute approximate surface area is 156 Å². The van der Waals surface area contributed by atoms with Crippen LogP contribution in [-0.4, -0.2) is 23.8 Å². The number of fused-ring (bicyclic) bond motifs is 1. The normalized spacial score (nSPS) is 36.0. The van der Waals surface area contributed by atoms with Crippen LogP contribution < -0.4 is 0 Å². The molecule has 26 heavy (non-hydrogen) atoms. The van der Waals surface area contributed by atoms with E-state index in [9.17, 15) is 14.7 Å². The highest BCUT2D eigenvalue weighted by molar-refractivity contribution is 6.22. The van der Waals surface area contributed by atoms with Crippen molar-refractivity contribution < 1.29 is 19.4 Å². The van der Waals surface area contributed by atoms with Crippen LogP contribution in [-0.2, 0) is 14.3 Å². The maximum atomic E-state index is 12.7. The summed E-state index contributed by atoms with van der Waals surface area (Å²) in [5.41, 5.74) is 1.53. The first kappa shape index (κ1) is 18.9. The van der Waals surface area contributed by atoms with E-state index in [0.29, 0.717) is 11.8 Å². The van der Waals surface area contributed by atoms with Crippen LogP contribution in [0.15, 0.2) is 34.8 Å². The molecule has 0 saturated heterocycles. The third-order valence-corrected chi connectivity index (χ3v) is 7.05. The molecule has 142 valence electrons. The molecule has 2 fully saturated rings. The lowest BCUT2D eigenvalue weighted by Crippen LogP contribution is -2.47. The third kappa shape index (κ3) is 2.83. The zero-order valence-corrected chi connectivity index (χ0v) is 16.5. The molecule has 4 nitrogen and oxygen atoms in total. The van der Waals surface area contributed by atoms with Crippen LogP contribution in [0.5, 0.6) is 0 Å². The first-order valence-electron chi connectivity index (χ1n) is 9.62. The summed E-state index contributed by atoms with van der Waals surface area (Å²) in [6.45, 7) is 9.19. The van der Waals surface area contributed by atoms with Gasteiger partial charge in [-0.15, -0.1) is 0 Å². The van der Waals surface area contributed by atoms with Gasteiger partial charge in [0.1, 0.15) is 0 Å². The topological polar surface area (TPSA) is 63.6 Å². The van der Waals surface area contributed by atoms with Gasteiger partial charge in [-0.3, -0.25) is 9.59 Å². The molecule has 3 atom stereocenters. The largest absolute Gasteiger partial charge is 0.504 e. The van der Waals surface area contributed by atoms with Crippen LogP contribution in [0, 0.1) is 22.7 Å². The predicted octanol–water partition coefficient (Wildman–Crippen LogP) is 4.67. The number of carbonyl (C=O) groups excluding carboxylic acids is 2. The summed E-state index contributed by atoms with van der Waals surface area (Å²) in [5.74, 6) is -0.580. The van der Waals surface area contributed by atoms with Gasteiger partial charge < -0.3 is 9.84 Å². The van der Waals surface area contributed by atoms with Gasteiger partial charge in [0.15, 0.2) is 11.5 Å². The van der Waals surface area contributed by atoms with Gasteiger partial charge in [0.05, 0.1) is 12.7 Å². The van der Waals surface area contributed by atoms with Crippen LogP contribution in [0.1, 0.15) is 59.8 Å². The first-order valence-corrected chi connectivity index (χ1v) is 9.62. The van der Waals surface area contributed by atoms with Gasteiger partial charge in [-0.1, -0.05) is 39.7 Å². The molecule has 0 amide bonds. The average molecular weight is 358 g/mol. The number of rotatable bonds is 2. The van der Waals surface area contributed by atoms with Gasteiger partial charge in [0.25, 0.3) is 0 Å². The van der Waals surface area contributed by atoms with E-state index < -0.39 is 17.3 Å². The Morgan fingerprint density at radius 2 is 1.88 bits per heavy atom. The van der Waals surface area contributed by atoms with Crippen LogP contribution in [0.4, 0.5) is 0 Å². The maximum Gasteiger partial charge on any atom is 0.231 e. The van der Waals surface area contributed by atoms with Gasteiger partial charge in [0.2, 0.25) is 11.6 Å². The number of hydrogen-bond donors (Lipinski definition) is 1. The van der Waals surface area contributed by atoms with Crippen molar-refractivity contribution in [2.75, 3.05) is 7.11 Å². The number of aliphatic hydroxyl groups excluding tert-OH is 1. The van der Waals surface area contributed by atoms with Gasteiger partial charge in [-0.2, -0.15) is 0 Å². The second-order valence-electron chi connectivity index (χ2n) is 9.06. The molecular weight excluding hydrogens is 328 g/mol. The van der Waals surface area contributed by atoms with Gasteiger partial charge in [-0.25, -0.2) is 0 Å². The van der Waals surface area contributed by atoms with E-state index >= 15 is 0 Å². The van der Waals surface area contributed by atoms with Crippen molar-refractivity contribution in [2.24, 2.45) is 22.7 Å². The quantitative estimate of drug-likeness (QED) is 0.729. The van der Waals surface area contributed by atoms with Gasteiger partial charge in [-0.05, 0) is 54.4 Å². The first-order chi connectivity index (χ1) is 12.1. The second-order valence-corrected chi connectivity index (χ2v) is 9.06. The van der Waals surface area contributed by atoms with Crippen molar-refractivity contribution in [1.82, 2.24) is 0 Å². The number of methoxy groups -OCH3 is 1. The summed E-state index contributed by atoms with van der Waals surface area (Å²) in [5, 5.41) is 10.3. The average Bonchev–Trinajstić information content (AvgIpc) is 2.56. The number of aliphatic hydroxyl groups is 1. The molecule has 2 saturated carbocycles. The molecule has 0 aliphatic heterocycles. The summed E-state index contributed by atoms with van der Waals surface area (Å²) in [6, 6.07) is 0. The van der Waals surface area contributed by atoms with Gasteiger partial charge in [0, 0.05) is 6.08 Å². The minimum atomic E-state index is -0.567.